The molecule has 1 aliphatic heterocycles. The molecule has 1 N–H and O–H groups in total. The maximum atomic E-state index is 13.1. The quantitative estimate of drug-likeness (QED) is 0.476. The number of halogens is 4. The Morgan fingerprint density at radius 3 is 2.52 bits per heavy atom. The molecule has 33 heavy (non-hydrogen) atoms. The molecule has 3 aromatic rings. The molecule has 0 radical (unpaired) electrons. The molecule has 0 aromatic heterocycles. The number of hydrogen-bond acceptors (Lipinski definition) is 4. The van der Waals surface area contributed by atoms with Crippen molar-refractivity contribution in [1.82, 2.24) is 0 Å². The number of amides is 3. The number of fused-ring (bicyclic) bond motifs is 1. The second kappa shape index (κ2) is 9.07. The summed E-state index contributed by atoms with van der Waals surface area (Å²) < 4.78 is 39.4. The Balaban J connectivity index is 1.41. The fourth-order valence-electron chi connectivity index (χ4n) is 3.52. The van der Waals surface area contributed by atoms with Gasteiger partial charge in [0.2, 0.25) is 17.7 Å². The van der Waals surface area contributed by atoms with Gasteiger partial charge in [0.15, 0.2) is 0 Å². The summed E-state index contributed by atoms with van der Waals surface area (Å²) in [5.74, 6) is -1.76. The third-order valence-electron chi connectivity index (χ3n) is 5.07. The van der Waals surface area contributed by atoms with E-state index in [1.165, 1.54) is 6.07 Å². The van der Waals surface area contributed by atoms with E-state index in [1.807, 2.05) is 36.4 Å². The monoisotopic (exact) mass is 492 g/mol. The second-order valence-corrected chi connectivity index (χ2v) is 8.94. The third kappa shape index (κ3) is 4.99. The highest BCUT2D eigenvalue weighted by Crippen LogP contribution is 2.38. The van der Waals surface area contributed by atoms with Gasteiger partial charge in [-0.1, -0.05) is 41.9 Å². The van der Waals surface area contributed by atoms with Crippen molar-refractivity contribution in [2.45, 2.75) is 17.8 Å². The van der Waals surface area contributed by atoms with Crippen LogP contribution >= 0.6 is 23.4 Å². The number of carbonyl (C=O) groups excluding carboxylic acids is 3. The highest BCUT2D eigenvalue weighted by molar-refractivity contribution is 8.01. The number of anilines is 2. The summed E-state index contributed by atoms with van der Waals surface area (Å²) >= 11 is 6.58. The summed E-state index contributed by atoms with van der Waals surface area (Å²) in [7, 11) is 0. The van der Waals surface area contributed by atoms with Crippen LogP contribution in [-0.2, 0) is 20.6 Å². The number of nitrogens with one attached hydrogen (secondary N) is 1. The lowest BCUT2D eigenvalue weighted by Crippen LogP contribution is -2.31. The van der Waals surface area contributed by atoms with Crippen LogP contribution in [0.1, 0.15) is 12.0 Å². The van der Waals surface area contributed by atoms with Crippen LogP contribution in [0.4, 0.5) is 24.5 Å². The number of nitrogens with zero attached hydrogens (tertiary/aromatic N) is 1. The molecule has 1 fully saturated rings. The van der Waals surface area contributed by atoms with Gasteiger partial charge >= 0.3 is 6.18 Å². The summed E-state index contributed by atoms with van der Waals surface area (Å²) in [4.78, 5) is 38.2. The first-order valence-electron chi connectivity index (χ1n) is 9.77. The lowest BCUT2D eigenvalue weighted by atomic mass is 10.1. The largest absolute Gasteiger partial charge is 0.417 e. The molecule has 1 heterocycles. The van der Waals surface area contributed by atoms with Gasteiger partial charge in [0.05, 0.1) is 27.3 Å². The lowest BCUT2D eigenvalue weighted by Gasteiger charge is -2.17. The Kier molecular flexibility index (Phi) is 6.36. The van der Waals surface area contributed by atoms with Gasteiger partial charge in [-0.25, -0.2) is 4.90 Å². The average Bonchev–Trinajstić information content (AvgIpc) is 3.05. The van der Waals surface area contributed by atoms with Crippen LogP contribution in [0.2, 0.25) is 5.02 Å². The summed E-state index contributed by atoms with van der Waals surface area (Å²) in [6.45, 7) is 0. The molecule has 4 rings (SSSR count). The zero-order chi connectivity index (χ0) is 23.8. The van der Waals surface area contributed by atoms with E-state index >= 15 is 0 Å². The molecule has 0 saturated carbocycles. The van der Waals surface area contributed by atoms with E-state index in [4.69, 9.17) is 11.6 Å². The summed E-state index contributed by atoms with van der Waals surface area (Å²) in [6.07, 6.45) is -4.94. The first-order valence-corrected chi connectivity index (χ1v) is 11.2. The van der Waals surface area contributed by atoms with Gasteiger partial charge in [0, 0.05) is 12.1 Å². The van der Waals surface area contributed by atoms with E-state index in [0.29, 0.717) is 16.7 Å². The SMILES string of the molecule is O=C(CSC1CC(=O)N(c2ccc(Cl)c(C(F)(F)F)c2)C1=O)Nc1ccc2ccccc2c1. The number of hydrogen-bond donors (Lipinski definition) is 1. The van der Waals surface area contributed by atoms with Crippen LogP contribution in [0.5, 0.6) is 0 Å². The smallest absolute Gasteiger partial charge is 0.325 e. The van der Waals surface area contributed by atoms with Gasteiger partial charge < -0.3 is 5.32 Å². The molecule has 3 amide bonds. The highest BCUT2D eigenvalue weighted by atomic mass is 35.5. The van der Waals surface area contributed by atoms with Crippen LogP contribution in [0.3, 0.4) is 0 Å². The van der Waals surface area contributed by atoms with Crippen molar-refractivity contribution in [1.29, 1.82) is 0 Å². The molecular weight excluding hydrogens is 477 g/mol. The predicted molar refractivity (Wildman–Crippen MR) is 122 cm³/mol. The Hall–Kier alpha value is -3.04. The van der Waals surface area contributed by atoms with Crippen LogP contribution in [-0.4, -0.2) is 28.7 Å². The average molecular weight is 493 g/mol. The van der Waals surface area contributed by atoms with Crippen molar-refractivity contribution < 1.29 is 27.6 Å². The molecule has 1 saturated heterocycles. The van der Waals surface area contributed by atoms with Crippen molar-refractivity contribution >= 4 is 63.2 Å². The van der Waals surface area contributed by atoms with Gasteiger partial charge in [0.1, 0.15) is 0 Å². The zero-order valence-corrected chi connectivity index (χ0v) is 18.4. The molecular formula is C23H16ClF3N2O3S. The number of benzene rings is 3. The van der Waals surface area contributed by atoms with E-state index in [-0.39, 0.29) is 23.8 Å². The first-order chi connectivity index (χ1) is 15.6. The fraction of sp³-hybridized carbons (Fsp3) is 0.174. The number of alkyl halides is 3. The van der Waals surface area contributed by atoms with Gasteiger partial charge in [-0.15, -0.1) is 11.8 Å². The molecule has 1 atom stereocenters. The van der Waals surface area contributed by atoms with Crippen LogP contribution in [0, 0.1) is 0 Å². The van der Waals surface area contributed by atoms with Crippen molar-refractivity contribution in [2.75, 3.05) is 16.0 Å². The molecule has 0 aliphatic carbocycles. The molecule has 1 unspecified atom stereocenters. The van der Waals surface area contributed by atoms with Crippen LogP contribution in [0.25, 0.3) is 10.8 Å². The number of imide groups is 1. The van der Waals surface area contributed by atoms with Crippen molar-refractivity contribution in [3.05, 3.63) is 71.2 Å². The number of rotatable bonds is 5. The van der Waals surface area contributed by atoms with E-state index < -0.39 is 33.8 Å². The first kappa shape index (κ1) is 23.1. The maximum Gasteiger partial charge on any atom is 0.417 e. The van der Waals surface area contributed by atoms with Crippen molar-refractivity contribution in [2.24, 2.45) is 0 Å². The summed E-state index contributed by atoms with van der Waals surface area (Å²) in [5.41, 5.74) is -0.742. The molecule has 10 heteroatoms. The minimum absolute atomic E-state index is 0.0984. The van der Waals surface area contributed by atoms with Crippen LogP contribution < -0.4 is 10.2 Å². The fourth-order valence-corrected chi connectivity index (χ4v) is 4.67. The summed E-state index contributed by atoms with van der Waals surface area (Å²) in [5, 5.41) is 3.33. The van der Waals surface area contributed by atoms with Gasteiger partial charge in [-0.3, -0.25) is 14.4 Å². The van der Waals surface area contributed by atoms with Gasteiger partial charge in [-0.2, -0.15) is 13.2 Å². The normalized spacial score (nSPS) is 16.5. The molecule has 5 nitrogen and oxygen atoms in total. The Bertz CT molecular complexity index is 1270. The Morgan fingerprint density at radius 1 is 1.06 bits per heavy atom. The number of carbonyl (C=O) groups is 3. The number of thioether (sulfide) groups is 1. The van der Waals surface area contributed by atoms with Crippen molar-refractivity contribution in [3.63, 3.8) is 0 Å². The predicted octanol–water partition coefficient (Wildman–Crippen LogP) is 5.52. The minimum Gasteiger partial charge on any atom is -0.325 e. The third-order valence-corrected chi connectivity index (χ3v) is 6.60. The molecule has 0 bridgehead atoms. The zero-order valence-electron chi connectivity index (χ0n) is 16.9. The minimum atomic E-state index is -4.73. The molecule has 3 aromatic carbocycles. The second-order valence-electron chi connectivity index (χ2n) is 7.34. The standard InChI is InChI=1S/C23H16ClF3N2O3S/c24-18-8-7-16(10-17(18)23(25,26)27)29-21(31)11-19(22(29)32)33-12-20(30)28-15-6-5-13-3-1-2-4-14(13)9-15/h1-10,19H,11-12H2,(H,28,30). The topological polar surface area (TPSA) is 66.5 Å². The van der Waals surface area contributed by atoms with Crippen LogP contribution in [0.15, 0.2) is 60.7 Å². The van der Waals surface area contributed by atoms with E-state index in [2.05, 4.69) is 5.32 Å². The highest BCUT2D eigenvalue weighted by Gasteiger charge is 2.41. The Labute approximate surface area is 195 Å². The molecule has 1 aliphatic rings. The summed E-state index contributed by atoms with van der Waals surface area (Å²) in [6, 6.07) is 16.0. The molecule has 170 valence electrons. The van der Waals surface area contributed by atoms with E-state index in [1.54, 1.807) is 6.07 Å². The van der Waals surface area contributed by atoms with Gasteiger partial charge in [-0.05, 0) is 41.1 Å². The molecule has 0 spiro atoms. The maximum absolute atomic E-state index is 13.1. The lowest BCUT2D eigenvalue weighted by molar-refractivity contribution is -0.137. The van der Waals surface area contributed by atoms with Gasteiger partial charge in [0.25, 0.3) is 0 Å². The van der Waals surface area contributed by atoms with Crippen molar-refractivity contribution in [3.8, 4) is 0 Å². The van der Waals surface area contributed by atoms with E-state index in [9.17, 15) is 27.6 Å². The Morgan fingerprint density at radius 2 is 1.79 bits per heavy atom. The van der Waals surface area contributed by atoms with E-state index in [0.717, 1.165) is 28.6 Å².